The minimum Gasteiger partial charge on any atom is -0.364 e. The van der Waals surface area contributed by atoms with Crippen LogP contribution in [0, 0.1) is 29.1 Å². The molecule has 0 atom stereocenters. The highest BCUT2D eigenvalue weighted by Gasteiger charge is 2.32. The highest BCUT2D eigenvalue weighted by molar-refractivity contribution is 6.08. The zero-order valence-corrected chi connectivity index (χ0v) is 13.7. The minimum atomic E-state index is -2.31. The maximum absolute atomic E-state index is 13.8. The van der Waals surface area contributed by atoms with Gasteiger partial charge in [-0.05, 0) is 23.8 Å². The van der Waals surface area contributed by atoms with Gasteiger partial charge in [0.15, 0.2) is 23.3 Å². The Balaban J connectivity index is 2.05. The van der Waals surface area contributed by atoms with Crippen molar-refractivity contribution in [3.63, 3.8) is 0 Å². The molecule has 0 saturated carbocycles. The van der Waals surface area contributed by atoms with Crippen LogP contribution < -0.4 is 0 Å². The highest BCUT2D eigenvalue weighted by Crippen LogP contribution is 2.32. The third-order valence-corrected chi connectivity index (χ3v) is 4.36. The molecule has 0 aliphatic rings. The molecule has 3 rings (SSSR count). The van der Waals surface area contributed by atoms with E-state index in [0.717, 1.165) is 5.69 Å². The molecule has 2 N–H and O–H groups in total. The number of aromatic nitrogens is 2. The van der Waals surface area contributed by atoms with Crippen LogP contribution in [0.4, 0.5) is 22.0 Å². The van der Waals surface area contributed by atoms with Crippen molar-refractivity contribution in [1.29, 1.82) is 0 Å². The van der Waals surface area contributed by atoms with Gasteiger partial charge in [-0.3, -0.25) is 4.79 Å². The largest absolute Gasteiger partial charge is 0.364 e. The van der Waals surface area contributed by atoms with Gasteiger partial charge in [0, 0.05) is 23.5 Å². The second kappa shape index (κ2) is 6.12. The van der Waals surface area contributed by atoms with Crippen LogP contribution in [-0.2, 0) is 5.41 Å². The van der Waals surface area contributed by atoms with Gasteiger partial charge in [0.2, 0.25) is 11.6 Å². The molecule has 0 unspecified atom stereocenters. The fraction of sp³-hybridized carbons (Fsp3) is 0.167. The quantitative estimate of drug-likeness (QED) is 0.301. The van der Waals surface area contributed by atoms with E-state index in [-0.39, 0.29) is 5.69 Å². The lowest BCUT2D eigenvalue weighted by atomic mass is 9.83. The Hall–Kier alpha value is -2.90. The number of hydrogen-bond acceptors (Lipinski definition) is 1. The summed E-state index contributed by atoms with van der Waals surface area (Å²) in [6.45, 7) is 3.68. The number of benzene rings is 1. The van der Waals surface area contributed by atoms with Gasteiger partial charge >= 0.3 is 0 Å². The predicted octanol–water partition coefficient (Wildman–Crippen LogP) is 4.60. The molecule has 136 valence electrons. The summed E-state index contributed by atoms with van der Waals surface area (Å²) in [4.78, 5) is 17.9. The predicted molar refractivity (Wildman–Crippen MR) is 83.4 cm³/mol. The summed E-state index contributed by atoms with van der Waals surface area (Å²) in [5.74, 6) is -12.3. The zero-order valence-electron chi connectivity index (χ0n) is 13.7. The molecule has 0 saturated heterocycles. The SMILES string of the molecule is CC(C)(c1c[nH]c(C(=O)c2c(F)c(F)c(F)c(F)c2F)c1)c1ccc[nH]1. The van der Waals surface area contributed by atoms with Crippen LogP contribution in [0.3, 0.4) is 0 Å². The average molecular weight is 368 g/mol. The van der Waals surface area contributed by atoms with Gasteiger partial charge in [-0.1, -0.05) is 13.8 Å². The molecule has 0 fully saturated rings. The van der Waals surface area contributed by atoms with E-state index in [2.05, 4.69) is 9.97 Å². The van der Waals surface area contributed by atoms with E-state index in [4.69, 9.17) is 0 Å². The second-order valence-corrected chi connectivity index (χ2v) is 6.28. The molecule has 0 aliphatic carbocycles. The van der Waals surface area contributed by atoms with Crippen LogP contribution in [0.2, 0.25) is 0 Å². The van der Waals surface area contributed by atoms with E-state index in [0.29, 0.717) is 5.56 Å². The summed E-state index contributed by atoms with van der Waals surface area (Å²) in [5.41, 5.74) is -0.969. The maximum Gasteiger partial charge on any atom is 0.215 e. The molecule has 1 aromatic carbocycles. The second-order valence-electron chi connectivity index (χ2n) is 6.28. The third-order valence-electron chi connectivity index (χ3n) is 4.36. The van der Waals surface area contributed by atoms with Gasteiger partial charge in [-0.15, -0.1) is 0 Å². The van der Waals surface area contributed by atoms with E-state index in [1.54, 1.807) is 12.3 Å². The van der Waals surface area contributed by atoms with Gasteiger partial charge < -0.3 is 9.97 Å². The van der Waals surface area contributed by atoms with Crippen LogP contribution in [-0.4, -0.2) is 15.8 Å². The number of carbonyl (C=O) groups is 1. The van der Waals surface area contributed by atoms with E-state index in [9.17, 15) is 26.7 Å². The molecule has 2 aromatic heterocycles. The van der Waals surface area contributed by atoms with Crippen molar-refractivity contribution < 1.29 is 26.7 Å². The van der Waals surface area contributed by atoms with Crippen LogP contribution >= 0.6 is 0 Å². The van der Waals surface area contributed by atoms with Crippen LogP contribution in [0.5, 0.6) is 0 Å². The molecule has 0 aliphatic heterocycles. The molecule has 0 radical (unpaired) electrons. The van der Waals surface area contributed by atoms with E-state index in [1.165, 1.54) is 12.3 Å². The number of carbonyl (C=O) groups excluding carboxylic acids is 1. The molecule has 0 bridgehead atoms. The Morgan fingerprint density at radius 3 is 2.04 bits per heavy atom. The maximum atomic E-state index is 13.8. The first kappa shape index (κ1) is 17.9. The Bertz CT molecular complexity index is 960. The first-order valence-corrected chi connectivity index (χ1v) is 7.55. The topological polar surface area (TPSA) is 48.6 Å². The first-order chi connectivity index (χ1) is 12.2. The number of ketones is 1. The third kappa shape index (κ3) is 2.61. The Morgan fingerprint density at radius 2 is 1.50 bits per heavy atom. The number of H-pyrrole nitrogens is 2. The van der Waals surface area contributed by atoms with Crippen LogP contribution in [0.1, 0.15) is 41.2 Å². The number of nitrogens with one attached hydrogen (secondary N) is 2. The summed E-state index contributed by atoms with van der Waals surface area (Å²) in [6, 6.07) is 4.92. The van der Waals surface area contributed by atoms with Gasteiger partial charge in [-0.25, -0.2) is 22.0 Å². The number of rotatable bonds is 4. The minimum absolute atomic E-state index is 0.289. The normalized spacial score (nSPS) is 11.8. The van der Waals surface area contributed by atoms with Crippen molar-refractivity contribution in [3.8, 4) is 0 Å². The van der Waals surface area contributed by atoms with E-state index in [1.807, 2.05) is 19.9 Å². The smallest absolute Gasteiger partial charge is 0.215 e. The zero-order chi connectivity index (χ0) is 19.2. The first-order valence-electron chi connectivity index (χ1n) is 7.55. The molecule has 2 heterocycles. The van der Waals surface area contributed by atoms with Crippen molar-refractivity contribution >= 4 is 5.78 Å². The molecule has 0 amide bonds. The van der Waals surface area contributed by atoms with Gasteiger partial charge in [0.25, 0.3) is 0 Å². The fourth-order valence-corrected chi connectivity index (χ4v) is 2.70. The number of aromatic amines is 2. The fourth-order valence-electron chi connectivity index (χ4n) is 2.70. The summed E-state index contributed by atoms with van der Waals surface area (Å²) < 4.78 is 67.5. The molecule has 3 nitrogen and oxygen atoms in total. The molecular formula is C18H13F5N2O. The van der Waals surface area contributed by atoms with Gasteiger partial charge in [-0.2, -0.15) is 0 Å². The summed E-state index contributed by atoms with van der Waals surface area (Å²) in [5, 5.41) is 0. The highest BCUT2D eigenvalue weighted by atomic mass is 19.2. The number of hydrogen-bond donors (Lipinski definition) is 2. The van der Waals surface area contributed by atoms with Crippen LogP contribution in [0.25, 0.3) is 0 Å². The molecule has 0 spiro atoms. The molecule has 8 heteroatoms. The van der Waals surface area contributed by atoms with Crippen molar-refractivity contribution in [3.05, 3.63) is 82.2 Å². The summed E-state index contributed by atoms with van der Waals surface area (Å²) in [7, 11) is 0. The number of halogens is 5. The monoisotopic (exact) mass is 368 g/mol. The van der Waals surface area contributed by atoms with Gasteiger partial charge in [0.1, 0.15) is 5.56 Å². The summed E-state index contributed by atoms with van der Waals surface area (Å²) >= 11 is 0. The van der Waals surface area contributed by atoms with Crippen molar-refractivity contribution in [2.24, 2.45) is 0 Å². The summed E-state index contributed by atoms with van der Waals surface area (Å²) in [6.07, 6.45) is 3.16. The molecular weight excluding hydrogens is 355 g/mol. The lowest BCUT2D eigenvalue weighted by Crippen LogP contribution is -2.18. The van der Waals surface area contributed by atoms with Crippen molar-refractivity contribution in [2.45, 2.75) is 19.3 Å². The van der Waals surface area contributed by atoms with Crippen molar-refractivity contribution in [1.82, 2.24) is 9.97 Å². The lowest BCUT2D eigenvalue weighted by Gasteiger charge is -2.22. The van der Waals surface area contributed by atoms with Gasteiger partial charge in [0.05, 0.1) is 5.69 Å². The lowest BCUT2D eigenvalue weighted by molar-refractivity contribution is 0.102. The molecule has 26 heavy (non-hydrogen) atoms. The average Bonchev–Trinajstić information content (AvgIpc) is 3.30. The van der Waals surface area contributed by atoms with E-state index < -0.39 is 45.8 Å². The Labute approximate surface area is 144 Å². The van der Waals surface area contributed by atoms with Crippen LogP contribution in [0.15, 0.2) is 30.6 Å². The Kier molecular flexibility index (Phi) is 4.21. The molecule has 3 aromatic rings. The van der Waals surface area contributed by atoms with Crippen molar-refractivity contribution in [2.75, 3.05) is 0 Å². The van der Waals surface area contributed by atoms with E-state index >= 15 is 0 Å². The Morgan fingerprint density at radius 1 is 0.923 bits per heavy atom. The standard InChI is InChI=1S/C18H13F5N2O/c1-18(2,10-4-3-5-24-10)8-6-9(25-7-8)17(26)11-12(19)14(21)16(23)15(22)13(11)20/h3-7,24-25H,1-2H3.